The summed E-state index contributed by atoms with van der Waals surface area (Å²) in [6, 6.07) is 14.1. The third-order valence-electron chi connectivity index (χ3n) is 3.61. The van der Waals surface area contributed by atoms with Crippen LogP contribution in [-0.4, -0.2) is 27.7 Å². The molecule has 0 aliphatic heterocycles. The van der Waals surface area contributed by atoms with Crippen molar-refractivity contribution >= 4 is 45.1 Å². The number of thiophene rings is 1. The average Bonchev–Trinajstić information content (AvgIpc) is 3.24. The number of nitrogens with zero attached hydrogens (tertiary/aromatic N) is 1. The molecule has 0 unspecified atom stereocenters. The van der Waals surface area contributed by atoms with Gasteiger partial charge in [-0.3, -0.25) is 0 Å². The lowest BCUT2D eigenvalue weighted by Gasteiger charge is -2.09. The summed E-state index contributed by atoms with van der Waals surface area (Å²) in [6.45, 7) is 0. The number of carbonyl (C=O) groups excluding carboxylic acids is 1. The van der Waals surface area contributed by atoms with Gasteiger partial charge in [-0.05, 0) is 59.5 Å². The van der Waals surface area contributed by atoms with Gasteiger partial charge in [-0.2, -0.15) is 18.4 Å². The highest BCUT2D eigenvalue weighted by Gasteiger charge is 2.19. The first kappa shape index (κ1) is 20.8. The van der Waals surface area contributed by atoms with Crippen LogP contribution < -0.4 is 14.3 Å². The van der Waals surface area contributed by atoms with Crippen LogP contribution in [0.15, 0.2) is 70.0 Å². The number of hydrogen-bond donors (Lipinski definition) is 1. The number of carbonyl (C=O) groups is 1. The van der Waals surface area contributed by atoms with E-state index < -0.39 is 16.0 Å². The Balaban J connectivity index is 1.66. The molecule has 1 heterocycles. The van der Waals surface area contributed by atoms with Gasteiger partial charge >= 0.3 is 5.97 Å². The van der Waals surface area contributed by atoms with Crippen LogP contribution in [0.3, 0.4) is 0 Å². The zero-order chi connectivity index (χ0) is 20.9. The number of sulfonamides is 1. The molecule has 0 aliphatic carbocycles. The van der Waals surface area contributed by atoms with Crippen LogP contribution >= 0.6 is 22.9 Å². The quantitative estimate of drug-likeness (QED) is 0.254. The smallest absolute Gasteiger partial charge is 0.353 e. The van der Waals surface area contributed by atoms with Crippen molar-refractivity contribution in [2.24, 2.45) is 5.10 Å². The standard InChI is InChI=1S/C19H15ClN2O5S2/c1-26-16-9-6-14(20)11-18(16)29(24,25)22-21-12-13-4-7-15(8-5-13)27-19(23)17-3-2-10-28-17/h2-12,22H,1H3/b21-12+. The Morgan fingerprint density at radius 3 is 2.59 bits per heavy atom. The zero-order valence-electron chi connectivity index (χ0n) is 15.0. The first-order chi connectivity index (χ1) is 13.9. The molecule has 0 aliphatic rings. The van der Waals surface area contributed by atoms with E-state index in [9.17, 15) is 13.2 Å². The van der Waals surface area contributed by atoms with Crippen LogP contribution in [0.4, 0.5) is 0 Å². The number of halogens is 1. The van der Waals surface area contributed by atoms with Gasteiger partial charge in [0.05, 0.1) is 13.3 Å². The summed E-state index contributed by atoms with van der Waals surface area (Å²) in [7, 11) is -2.61. The fraction of sp³-hybridized carbons (Fsp3) is 0.0526. The molecule has 0 spiro atoms. The molecule has 3 aromatic rings. The van der Waals surface area contributed by atoms with Gasteiger partial charge in [0.25, 0.3) is 10.0 Å². The molecule has 1 N–H and O–H groups in total. The van der Waals surface area contributed by atoms with E-state index in [1.807, 2.05) is 0 Å². The second kappa shape index (κ2) is 9.08. The molecule has 2 aromatic carbocycles. The molecule has 0 bridgehead atoms. The Labute approximate surface area is 176 Å². The number of nitrogens with one attached hydrogen (secondary N) is 1. The third kappa shape index (κ3) is 5.35. The predicted molar refractivity (Wildman–Crippen MR) is 112 cm³/mol. The third-order valence-corrected chi connectivity index (χ3v) is 5.94. The Morgan fingerprint density at radius 1 is 1.17 bits per heavy atom. The van der Waals surface area contributed by atoms with Gasteiger partial charge in [-0.15, -0.1) is 11.3 Å². The topological polar surface area (TPSA) is 94.1 Å². The number of ether oxygens (including phenoxy) is 2. The van der Waals surface area contributed by atoms with Gasteiger partial charge < -0.3 is 9.47 Å². The van der Waals surface area contributed by atoms with Crippen molar-refractivity contribution < 1.29 is 22.7 Å². The highest BCUT2D eigenvalue weighted by atomic mass is 35.5. The maximum Gasteiger partial charge on any atom is 0.353 e. The van der Waals surface area contributed by atoms with Crippen molar-refractivity contribution in [2.45, 2.75) is 4.90 Å². The highest BCUT2D eigenvalue weighted by Crippen LogP contribution is 2.26. The van der Waals surface area contributed by atoms with Crippen molar-refractivity contribution in [1.29, 1.82) is 0 Å². The molecule has 29 heavy (non-hydrogen) atoms. The molecule has 0 saturated heterocycles. The zero-order valence-corrected chi connectivity index (χ0v) is 17.4. The van der Waals surface area contributed by atoms with E-state index >= 15 is 0 Å². The van der Waals surface area contributed by atoms with Gasteiger partial charge in [-0.25, -0.2) is 4.79 Å². The number of rotatable bonds is 7. The molecular weight excluding hydrogens is 436 g/mol. The summed E-state index contributed by atoms with van der Waals surface area (Å²) in [5.74, 6) is 0.0726. The lowest BCUT2D eigenvalue weighted by atomic mass is 10.2. The van der Waals surface area contributed by atoms with Gasteiger partial charge in [0.2, 0.25) is 0 Å². The Kier molecular flexibility index (Phi) is 6.53. The lowest BCUT2D eigenvalue weighted by Crippen LogP contribution is -2.19. The maximum atomic E-state index is 12.4. The Hall–Kier alpha value is -2.88. The molecule has 10 heteroatoms. The monoisotopic (exact) mass is 450 g/mol. The average molecular weight is 451 g/mol. The van der Waals surface area contributed by atoms with Crippen molar-refractivity contribution in [3.8, 4) is 11.5 Å². The predicted octanol–water partition coefficient (Wildman–Crippen LogP) is 3.94. The summed E-state index contributed by atoms with van der Waals surface area (Å²) in [6.07, 6.45) is 1.32. The Bertz CT molecular complexity index is 1130. The summed E-state index contributed by atoms with van der Waals surface area (Å²) < 4.78 is 35.2. The minimum absolute atomic E-state index is 0.125. The van der Waals surface area contributed by atoms with Crippen LogP contribution in [0.5, 0.6) is 11.5 Å². The van der Waals surface area contributed by atoms with Crippen LogP contribution in [0.25, 0.3) is 0 Å². The van der Waals surface area contributed by atoms with Gasteiger partial charge in [0.1, 0.15) is 21.3 Å². The normalized spacial score (nSPS) is 11.4. The molecule has 150 valence electrons. The molecule has 0 atom stereocenters. The molecule has 7 nitrogen and oxygen atoms in total. The molecule has 3 rings (SSSR count). The fourth-order valence-corrected chi connectivity index (χ4v) is 4.08. The number of methoxy groups -OCH3 is 1. The van der Waals surface area contributed by atoms with Crippen LogP contribution in [0.2, 0.25) is 5.02 Å². The van der Waals surface area contributed by atoms with Crippen molar-refractivity contribution in [3.63, 3.8) is 0 Å². The van der Waals surface area contributed by atoms with Crippen LogP contribution in [0, 0.1) is 0 Å². The summed E-state index contributed by atoms with van der Waals surface area (Å²) in [5, 5.41) is 5.80. The molecule has 0 fully saturated rings. The number of hydrogen-bond acceptors (Lipinski definition) is 7. The molecule has 0 amide bonds. The lowest BCUT2D eigenvalue weighted by molar-refractivity contribution is 0.0740. The van der Waals surface area contributed by atoms with Crippen LogP contribution in [0.1, 0.15) is 15.2 Å². The van der Waals surface area contributed by atoms with Gasteiger partial charge in [0, 0.05) is 5.02 Å². The van der Waals surface area contributed by atoms with E-state index in [0.29, 0.717) is 16.2 Å². The van der Waals surface area contributed by atoms with Gasteiger partial charge in [0.15, 0.2) is 0 Å². The van der Waals surface area contributed by atoms with E-state index in [1.54, 1.807) is 41.8 Å². The van der Waals surface area contributed by atoms with Crippen molar-refractivity contribution in [1.82, 2.24) is 4.83 Å². The highest BCUT2D eigenvalue weighted by molar-refractivity contribution is 7.89. The number of hydrazone groups is 1. The molecular formula is C19H15ClN2O5S2. The number of benzene rings is 2. The van der Waals surface area contributed by atoms with Crippen molar-refractivity contribution in [3.05, 3.63) is 75.4 Å². The summed E-state index contributed by atoms with van der Waals surface area (Å²) in [4.78, 5) is 14.4. The largest absolute Gasteiger partial charge is 0.495 e. The minimum Gasteiger partial charge on any atom is -0.495 e. The number of esters is 1. The second-order valence-corrected chi connectivity index (χ2v) is 8.60. The maximum absolute atomic E-state index is 12.4. The first-order valence-electron chi connectivity index (χ1n) is 8.13. The first-order valence-corrected chi connectivity index (χ1v) is 10.9. The van der Waals surface area contributed by atoms with E-state index in [-0.39, 0.29) is 15.7 Å². The second-order valence-electron chi connectivity index (χ2n) is 5.58. The van der Waals surface area contributed by atoms with E-state index in [4.69, 9.17) is 21.1 Å². The molecule has 0 saturated carbocycles. The Morgan fingerprint density at radius 2 is 1.93 bits per heavy atom. The molecule has 1 aromatic heterocycles. The SMILES string of the molecule is COc1ccc(Cl)cc1S(=O)(=O)N/N=C/c1ccc(OC(=O)c2cccs2)cc1. The van der Waals surface area contributed by atoms with E-state index in [2.05, 4.69) is 9.93 Å². The fourth-order valence-electron chi connectivity index (χ4n) is 2.25. The summed E-state index contributed by atoms with van der Waals surface area (Å²) >= 11 is 7.16. The van der Waals surface area contributed by atoms with E-state index in [0.717, 1.165) is 0 Å². The minimum atomic E-state index is -3.97. The van der Waals surface area contributed by atoms with Crippen LogP contribution in [-0.2, 0) is 10.0 Å². The summed E-state index contributed by atoms with van der Waals surface area (Å²) in [5.41, 5.74) is 0.599. The van der Waals surface area contributed by atoms with Gasteiger partial charge in [-0.1, -0.05) is 17.7 Å². The van der Waals surface area contributed by atoms with E-state index in [1.165, 1.54) is 42.9 Å². The molecule has 0 radical (unpaired) electrons. The van der Waals surface area contributed by atoms with Crippen molar-refractivity contribution in [2.75, 3.05) is 7.11 Å².